The molecule has 232 valence electrons. The second kappa shape index (κ2) is 12.3. The molecule has 0 bridgehead atoms. The molecule has 5 atom stereocenters. The fourth-order valence-electron chi connectivity index (χ4n) is 6.61. The van der Waals surface area contributed by atoms with Gasteiger partial charge >= 0.3 is 12.1 Å². The monoisotopic (exact) mass is 604 g/mol. The van der Waals surface area contributed by atoms with Crippen molar-refractivity contribution >= 4 is 29.6 Å². The van der Waals surface area contributed by atoms with Crippen molar-refractivity contribution < 1.29 is 33.4 Å². The number of fused-ring (bicyclic) bond motifs is 3. The minimum Gasteiger partial charge on any atom is -0.479 e. The molecular formula is C33H37FN4O6. The lowest BCUT2D eigenvalue weighted by Gasteiger charge is -2.30. The Kier molecular flexibility index (Phi) is 8.29. The van der Waals surface area contributed by atoms with Crippen molar-refractivity contribution in [2.75, 3.05) is 11.9 Å². The van der Waals surface area contributed by atoms with Crippen LogP contribution in [-0.2, 0) is 32.2 Å². The number of aliphatic carboxylic acids is 1. The maximum Gasteiger partial charge on any atom is 0.410 e. The molecule has 11 heteroatoms. The highest BCUT2D eigenvalue weighted by molar-refractivity contribution is 5.96. The molecule has 10 nitrogen and oxygen atoms in total. The van der Waals surface area contributed by atoms with E-state index >= 15 is 0 Å². The zero-order chi connectivity index (χ0) is 30.8. The van der Waals surface area contributed by atoms with E-state index in [1.165, 1.54) is 15.9 Å². The Labute approximate surface area is 255 Å². The molecule has 2 fully saturated rings. The quantitative estimate of drug-likeness (QED) is 0.446. The highest BCUT2D eigenvalue weighted by Crippen LogP contribution is 2.45. The average molecular weight is 605 g/mol. The van der Waals surface area contributed by atoms with E-state index in [0.29, 0.717) is 17.5 Å². The summed E-state index contributed by atoms with van der Waals surface area (Å²) in [5.74, 6) is -2.73. The maximum absolute atomic E-state index is 14.3. The van der Waals surface area contributed by atoms with Crippen molar-refractivity contribution in [1.82, 2.24) is 15.1 Å². The van der Waals surface area contributed by atoms with Gasteiger partial charge in [-0.1, -0.05) is 55.3 Å². The first-order valence-electron chi connectivity index (χ1n) is 15.3. The Balaban J connectivity index is 1.23. The second-order valence-corrected chi connectivity index (χ2v) is 12.2. The first-order chi connectivity index (χ1) is 21.2. The lowest BCUT2D eigenvalue weighted by Crippen LogP contribution is -2.55. The van der Waals surface area contributed by atoms with Crippen molar-refractivity contribution in [3.05, 3.63) is 77.6 Å². The van der Waals surface area contributed by atoms with Crippen LogP contribution >= 0.6 is 0 Å². The lowest BCUT2D eigenvalue weighted by atomic mass is 10.0. The van der Waals surface area contributed by atoms with Gasteiger partial charge in [-0.05, 0) is 49.4 Å². The normalized spacial score (nSPS) is 29.3. The van der Waals surface area contributed by atoms with Crippen LogP contribution in [0, 0.1) is 11.7 Å². The van der Waals surface area contributed by atoms with Crippen LogP contribution in [0.1, 0.15) is 56.1 Å². The fourth-order valence-corrected chi connectivity index (χ4v) is 6.61. The molecule has 2 aromatic carbocycles. The molecule has 0 aromatic heterocycles. The molecule has 3 aliphatic heterocycles. The number of rotatable bonds is 4. The minimum atomic E-state index is -1.43. The smallest absolute Gasteiger partial charge is 0.410 e. The van der Waals surface area contributed by atoms with Crippen molar-refractivity contribution in [3.8, 4) is 0 Å². The summed E-state index contributed by atoms with van der Waals surface area (Å²) in [5, 5.41) is 16.1. The van der Waals surface area contributed by atoms with Crippen LogP contribution in [0.3, 0.4) is 0 Å². The van der Waals surface area contributed by atoms with Crippen molar-refractivity contribution in [3.63, 3.8) is 0 Å². The van der Waals surface area contributed by atoms with Crippen LogP contribution in [0.5, 0.6) is 0 Å². The molecule has 3 heterocycles. The van der Waals surface area contributed by atoms with E-state index in [1.807, 2.05) is 42.5 Å². The number of carbonyl (C=O) groups excluding carboxylic acids is 3. The third-order valence-corrected chi connectivity index (χ3v) is 9.19. The summed E-state index contributed by atoms with van der Waals surface area (Å²) in [4.78, 5) is 56.2. The molecule has 1 aliphatic carbocycles. The highest BCUT2D eigenvalue weighted by Gasteiger charge is 2.61. The molecule has 3 amide bonds. The maximum atomic E-state index is 14.3. The van der Waals surface area contributed by atoms with Crippen LogP contribution in [0.15, 0.2) is 60.7 Å². The number of carboxylic acid groups (broad SMARTS) is 1. The molecule has 0 spiro atoms. The summed E-state index contributed by atoms with van der Waals surface area (Å²) in [7, 11) is 0. The molecule has 0 unspecified atom stereocenters. The summed E-state index contributed by atoms with van der Waals surface area (Å²) in [5.41, 5.74) is 0.489. The number of carboxylic acids is 1. The number of benzene rings is 2. The number of nitrogens with zero attached hydrogens (tertiary/aromatic N) is 2. The number of allylic oxidation sites excluding steroid dienone is 1. The Morgan fingerprint density at radius 2 is 1.86 bits per heavy atom. The molecule has 3 N–H and O–H groups in total. The molecule has 0 radical (unpaired) electrons. The first kappa shape index (κ1) is 29.7. The number of nitrogens with one attached hydrogen (secondary N) is 2. The van der Waals surface area contributed by atoms with Gasteiger partial charge in [0.15, 0.2) is 0 Å². The van der Waals surface area contributed by atoms with Crippen LogP contribution in [0.25, 0.3) is 0 Å². The number of ether oxygens (including phenoxy) is 1. The van der Waals surface area contributed by atoms with E-state index in [-0.39, 0.29) is 50.1 Å². The Hall–Kier alpha value is -4.41. The number of hydrogen-bond acceptors (Lipinski definition) is 6. The van der Waals surface area contributed by atoms with E-state index in [9.17, 15) is 28.7 Å². The molecule has 1 saturated carbocycles. The average Bonchev–Trinajstić information content (AvgIpc) is 3.32. The zero-order valence-electron chi connectivity index (χ0n) is 24.4. The van der Waals surface area contributed by atoms with E-state index < -0.39 is 41.7 Å². The predicted molar refractivity (Wildman–Crippen MR) is 159 cm³/mol. The number of anilines is 1. The SMILES string of the molecule is O=C1N[C@]2(C(=O)O)C[C@@H]2/C=C\CCCCC[C@H](Nc2ccccc2)C(=O)N2C[C@H](OC(=O)N3Cc4cccc(F)c4C3)C[C@@H]12. The number of amides is 3. The van der Waals surface area contributed by atoms with Gasteiger partial charge in [0.25, 0.3) is 0 Å². The van der Waals surface area contributed by atoms with Gasteiger partial charge in [0.05, 0.1) is 13.1 Å². The van der Waals surface area contributed by atoms with Gasteiger partial charge in [0, 0.05) is 30.1 Å². The number of halogens is 1. The molecule has 1 saturated heterocycles. The van der Waals surface area contributed by atoms with Crippen LogP contribution < -0.4 is 10.6 Å². The highest BCUT2D eigenvalue weighted by atomic mass is 19.1. The molecule has 2 aromatic rings. The van der Waals surface area contributed by atoms with Gasteiger partial charge in [0.2, 0.25) is 11.8 Å². The standard InChI is InChI=1S/C33H37FN4O6/c34-26-14-9-10-21-18-37(20-25(21)26)32(43)44-24-16-28-29(39)36-33(31(41)42)17-22(33)11-5-2-1-3-8-15-27(30(40)38(28)19-24)35-23-12-6-4-7-13-23/h4-7,9-14,22,24,27-28,35H,1-3,8,15-20H2,(H,36,39)(H,41,42)/b11-5-/t22-,24+,27-,28-,33+/m0/s1. The van der Waals surface area contributed by atoms with Gasteiger partial charge in [0.1, 0.15) is 29.5 Å². The zero-order valence-corrected chi connectivity index (χ0v) is 24.4. The van der Waals surface area contributed by atoms with Gasteiger partial charge < -0.3 is 25.4 Å². The summed E-state index contributed by atoms with van der Waals surface area (Å²) in [6.45, 7) is 0.248. The third-order valence-electron chi connectivity index (χ3n) is 9.19. The van der Waals surface area contributed by atoms with E-state index in [0.717, 1.165) is 31.4 Å². The number of carbonyl (C=O) groups is 4. The van der Waals surface area contributed by atoms with Gasteiger partial charge in [-0.3, -0.25) is 14.5 Å². The van der Waals surface area contributed by atoms with Crippen LogP contribution in [0.2, 0.25) is 0 Å². The molecule has 44 heavy (non-hydrogen) atoms. The number of para-hydroxylation sites is 1. The van der Waals surface area contributed by atoms with Crippen LogP contribution in [0.4, 0.5) is 14.9 Å². The largest absolute Gasteiger partial charge is 0.479 e. The Bertz CT molecular complexity index is 1470. The Morgan fingerprint density at radius 1 is 1.05 bits per heavy atom. The number of hydrogen-bond donors (Lipinski definition) is 3. The summed E-state index contributed by atoms with van der Waals surface area (Å²) >= 11 is 0. The summed E-state index contributed by atoms with van der Waals surface area (Å²) < 4.78 is 20.1. The molecule has 6 rings (SSSR count). The summed E-state index contributed by atoms with van der Waals surface area (Å²) in [6, 6.07) is 12.4. The third kappa shape index (κ3) is 6.00. The van der Waals surface area contributed by atoms with Gasteiger partial charge in [-0.2, -0.15) is 0 Å². The topological polar surface area (TPSA) is 128 Å². The van der Waals surface area contributed by atoms with E-state index in [1.54, 1.807) is 12.1 Å². The lowest BCUT2D eigenvalue weighted by molar-refractivity contribution is -0.145. The molecular weight excluding hydrogens is 567 g/mol. The fraction of sp³-hybridized carbons (Fsp3) is 0.455. The molecule has 4 aliphatic rings. The Morgan fingerprint density at radius 3 is 2.64 bits per heavy atom. The van der Waals surface area contributed by atoms with Crippen molar-refractivity contribution in [2.24, 2.45) is 5.92 Å². The van der Waals surface area contributed by atoms with Gasteiger partial charge in [-0.15, -0.1) is 0 Å². The van der Waals surface area contributed by atoms with E-state index in [2.05, 4.69) is 10.6 Å². The first-order valence-corrected chi connectivity index (χ1v) is 15.3. The van der Waals surface area contributed by atoms with E-state index in [4.69, 9.17) is 4.74 Å². The minimum absolute atomic E-state index is 0.0197. The van der Waals surface area contributed by atoms with Gasteiger partial charge in [-0.25, -0.2) is 14.0 Å². The predicted octanol–water partition coefficient (Wildman–Crippen LogP) is 4.21. The summed E-state index contributed by atoms with van der Waals surface area (Å²) in [6.07, 6.45) is 6.57. The van der Waals surface area contributed by atoms with Crippen LogP contribution in [-0.4, -0.2) is 69.1 Å². The van der Waals surface area contributed by atoms with Crippen molar-refractivity contribution in [1.29, 1.82) is 0 Å². The second-order valence-electron chi connectivity index (χ2n) is 12.2. The van der Waals surface area contributed by atoms with Crippen molar-refractivity contribution in [2.45, 2.75) is 81.8 Å².